The lowest BCUT2D eigenvalue weighted by molar-refractivity contribution is -0.119. The van der Waals surface area contributed by atoms with Crippen LogP contribution in [0, 0.1) is 0 Å². The number of imide groups is 1. The van der Waals surface area contributed by atoms with Crippen molar-refractivity contribution < 1.29 is 19.1 Å². The molecule has 0 unspecified atom stereocenters. The van der Waals surface area contributed by atoms with Crippen LogP contribution in [0.15, 0.2) is 54.0 Å². The second kappa shape index (κ2) is 9.17. The maximum absolute atomic E-state index is 12.6. The number of hydrogen-bond donors (Lipinski definition) is 2. The molecule has 2 amide bonds. The van der Waals surface area contributed by atoms with Crippen LogP contribution in [0.4, 0.5) is 10.5 Å². The molecular formula is C22H24N6O5. The van der Waals surface area contributed by atoms with Crippen molar-refractivity contribution >= 4 is 23.6 Å². The van der Waals surface area contributed by atoms with Crippen LogP contribution in [0.5, 0.6) is 0 Å². The molecule has 0 saturated heterocycles. The number of aromatic nitrogens is 4. The highest BCUT2D eigenvalue weighted by Crippen LogP contribution is 2.23. The molecule has 0 spiro atoms. The molecule has 0 saturated carbocycles. The number of rotatable bonds is 4. The van der Waals surface area contributed by atoms with Gasteiger partial charge in [-0.3, -0.25) is 19.0 Å². The Morgan fingerprint density at radius 3 is 2.36 bits per heavy atom. The number of carbonyl (C=O) groups excluding carboxylic acids is 3. The fraction of sp³-hybridized carbons (Fsp3) is 0.273. The summed E-state index contributed by atoms with van der Waals surface area (Å²) in [7, 11) is 0. The van der Waals surface area contributed by atoms with E-state index in [1.165, 1.54) is 48.5 Å². The third kappa shape index (κ3) is 5.39. The van der Waals surface area contributed by atoms with Gasteiger partial charge in [0.15, 0.2) is 0 Å². The van der Waals surface area contributed by atoms with Crippen LogP contribution in [-0.4, -0.2) is 49.1 Å². The van der Waals surface area contributed by atoms with Gasteiger partial charge in [0.05, 0.1) is 11.7 Å². The second-order valence-electron chi connectivity index (χ2n) is 8.24. The summed E-state index contributed by atoms with van der Waals surface area (Å²) >= 11 is 0. The molecule has 0 aliphatic rings. The molecule has 0 aliphatic heterocycles. The van der Waals surface area contributed by atoms with Gasteiger partial charge in [0, 0.05) is 24.2 Å². The van der Waals surface area contributed by atoms with Crippen LogP contribution in [0.3, 0.4) is 0 Å². The second-order valence-corrected chi connectivity index (χ2v) is 8.24. The SMILES string of the molecule is C[C@@H](N)C(=O)N(C(=O)OC(C)(C)C)c1ccc(-c2ncc(C(=O)n3ccnc3)c(=O)[nH]2)cc1. The molecule has 33 heavy (non-hydrogen) atoms. The monoisotopic (exact) mass is 452 g/mol. The first-order valence-corrected chi connectivity index (χ1v) is 10.0. The summed E-state index contributed by atoms with van der Waals surface area (Å²) < 4.78 is 6.50. The van der Waals surface area contributed by atoms with Crippen molar-refractivity contribution in [1.29, 1.82) is 0 Å². The van der Waals surface area contributed by atoms with E-state index in [0.29, 0.717) is 5.56 Å². The minimum Gasteiger partial charge on any atom is -0.443 e. The maximum atomic E-state index is 12.6. The predicted octanol–water partition coefficient (Wildman–Crippen LogP) is 1.94. The summed E-state index contributed by atoms with van der Waals surface area (Å²) in [6, 6.07) is 5.21. The van der Waals surface area contributed by atoms with Gasteiger partial charge in [0.2, 0.25) is 0 Å². The Balaban J connectivity index is 1.89. The summed E-state index contributed by atoms with van der Waals surface area (Å²) in [6.45, 7) is 6.53. The molecule has 11 heteroatoms. The summed E-state index contributed by atoms with van der Waals surface area (Å²) in [4.78, 5) is 61.4. The number of amides is 2. The van der Waals surface area contributed by atoms with Crippen molar-refractivity contribution in [3.05, 3.63) is 65.1 Å². The molecule has 1 atom stereocenters. The first-order chi connectivity index (χ1) is 15.5. The van der Waals surface area contributed by atoms with Crippen LogP contribution in [0.2, 0.25) is 0 Å². The lowest BCUT2D eigenvalue weighted by Gasteiger charge is -2.27. The van der Waals surface area contributed by atoms with Crippen LogP contribution < -0.4 is 16.2 Å². The highest BCUT2D eigenvalue weighted by molar-refractivity contribution is 6.14. The van der Waals surface area contributed by atoms with E-state index in [4.69, 9.17) is 10.5 Å². The number of H-pyrrole nitrogens is 1. The van der Waals surface area contributed by atoms with E-state index in [-0.39, 0.29) is 17.1 Å². The smallest absolute Gasteiger partial charge is 0.421 e. The Morgan fingerprint density at radius 1 is 1.18 bits per heavy atom. The van der Waals surface area contributed by atoms with Crippen molar-refractivity contribution in [3.8, 4) is 11.4 Å². The van der Waals surface area contributed by atoms with Crippen LogP contribution in [-0.2, 0) is 9.53 Å². The molecule has 3 aromatic rings. The molecule has 3 N–H and O–H groups in total. The maximum Gasteiger partial charge on any atom is 0.421 e. The van der Waals surface area contributed by atoms with Crippen LogP contribution in [0.1, 0.15) is 38.1 Å². The first kappa shape index (κ1) is 23.5. The molecule has 2 aromatic heterocycles. The average Bonchev–Trinajstić information content (AvgIpc) is 3.27. The van der Waals surface area contributed by atoms with Crippen molar-refractivity contribution in [1.82, 2.24) is 19.5 Å². The van der Waals surface area contributed by atoms with Crippen LogP contribution in [0.25, 0.3) is 11.4 Å². The minimum absolute atomic E-state index is 0.146. The molecule has 2 heterocycles. The first-order valence-electron chi connectivity index (χ1n) is 10.0. The van der Waals surface area contributed by atoms with Crippen molar-refractivity contribution in [2.45, 2.75) is 39.3 Å². The highest BCUT2D eigenvalue weighted by Gasteiger charge is 2.30. The third-order valence-electron chi connectivity index (χ3n) is 4.35. The molecular weight excluding hydrogens is 428 g/mol. The number of imidazole rings is 1. The molecule has 0 radical (unpaired) electrons. The van der Waals surface area contributed by atoms with Crippen molar-refractivity contribution in [3.63, 3.8) is 0 Å². The Kier molecular flexibility index (Phi) is 6.54. The van der Waals surface area contributed by atoms with Gasteiger partial charge in [-0.25, -0.2) is 19.7 Å². The highest BCUT2D eigenvalue weighted by atomic mass is 16.6. The van der Waals surface area contributed by atoms with Gasteiger partial charge in [0.25, 0.3) is 17.4 Å². The van der Waals surface area contributed by atoms with E-state index < -0.39 is 35.1 Å². The van der Waals surface area contributed by atoms with Gasteiger partial charge in [-0.15, -0.1) is 0 Å². The summed E-state index contributed by atoms with van der Waals surface area (Å²) in [6.07, 6.45) is 4.46. The number of hydrogen-bond acceptors (Lipinski definition) is 8. The van der Waals surface area contributed by atoms with Gasteiger partial charge in [0.1, 0.15) is 23.3 Å². The van der Waals surface area contributed by atoms with Crippen LogP contribution >= 0.6 is 0 Å². The van der Waals surface area contributed by atoms with E-state index in [0.717, 1.165) is 4.90 Å². The zero-order valence-corrected chi connectivity index (χ0v) is 18.6. The fourth-order valence-corrected chi connectivity index (χ4v) is 2.81. The van der Waals surface area contributed by atoms with Crippen molar-refractivity contribution in [2.24, 2.45) is 5.73 Å². The van der Waals surface area contributed by atoms with E-state index in [1.54, 1.807) is 32.9 Å². The minimum atomic E-state index is -0.934. The number of anilines is 1. The molecule has 0 fully saturated rings. The predicted molar refractivity (Wildman–Crippen MR) is 120 cm³/mol. The Morgan fingerprint density at radius 2 is 1.85 bits per heavy atom. The van der Waals surface area contributed by atoms with Gasteiger partial charge < -0.3 is 15.5 Å². The summed E-state index contributed by atoms with van der Waals surface area (Å²) in [5.41, 5.74) is 4.86. The lowest BCUT2D eigenvalue weighted by Crippen LogP contribution is -2.47. The van der Waals surface area contributed by atoms with E-state index in [9.17, 15) is 19.2 Å². The fourth-order valence-electron chi connectivity index (χ4n) is 2.81. The summed E-state index contributed by atoms with van der Waals surface area (Å²) in [5, 5.41) is 0. The third-order valence-corrected chi connectivity index (χ3v) is 4.35. The average molecular weight is 452 g/mol. The van der Waals surface area contributed by atoms with Gasteiger partial charge in [-0.05, 0) is 52.0 Å². The molecule has 172 valence electrons. The standard InChI is InChI=1S/C22H24N6O5/c1-13(23)19(30)28(21(32)33-22(2,3)4)15-7-5-14(6-8-15)17-25-11-16(18(29)26-17)20(31)27-10-9-24-12-27/h5-13H,23H2,1-4H3,(H,25,26,29)/t13-/m1/s1. The largest absolute Gasteiger partial charge is 0.443 e. The topological polar surface area (TPSA) is 153 Å². The van der Waals surface area contributed by atoms with Crippen molar-refractivity contribution in [2.75, 3.05) is 4.90 Å². The Bertz CT molecular complexity index is 1220. The number of benzene rings is 1. The lowest BCUT2D eigenvalue weighted by atomic mass is 10.1. The molecule has 1 aromatic carbocycles. The molecule has 0 bridgehead atoms. The normalized spacial score (nSPS) is 12.2. The summed E-state index contributed by atoms with van der Waals surface area (Å²) in [5.74, 6) is -0.993. The number of nitrogens with two attached hydrogens (primary N) is 1. The number of aromatic amines is 1. The molecule has 3 rings (SSSR count). The number of nitrogens with one attached hydrogen (secondary N) is 1. The van der Waals surface area contributed by atoms with Gasteiger partial charge in [-0.2, -0.15) is 0 Å². The molecule has 11 nitrogen and oxygen atoms in total. The zero-order chi connectivity index (χ0) is 24.3. The Hall–Kier alpha value is -4.12. The number of nitrogens with zero attached hydrogens (tertiary/aromatic N) is 4. The van der Waals surface area contributed by atoms with E-state index in [1.807, 2.05) is 0 Å². The zero-order valence-electron chi connectivity index (χ0n) is 18.6. The number of ether oxygens (including phenoxy) is 1. The van der Waals surface area contributed by atoms with Gasteiger partial charge >= 0.3 is 6.09 Å². The van der Waals surface area contributed by atoms with Gasteiger partial charge in [-0.1, -0.05) is 0 Å². The Labute approximate surface area is 189 Å². The quantitative estimate of drug-likeness (QED) is 0.609. The van der Waals surface area contributed by atoms with E-state index in [2.05, 4.69) is 15.0 Å². The molecule has 0 aliphatic carbocycles. The number of carbonyl (C=O) groups is 3. The van der Waals surface area contributed by atoms with E-state index >= 15 is 0 Å².